The SMILES string of the molecule is N#CCCNS(=O)(=O)c1ccc2nc(Cl)ccc2c1. The second-order valence-electron chi connectivity index (χ2n) is 3.79. The lowest BCUT2D eigenvalue weighted by atomic mass is 10.2. The summed E-state index contributed by atoms with van der Waals surface area (Å²) in [7, 11) is -3.60. The molecule has 2 rings (SSSR count). The van der Waals surface area contributed by atoms with E-state index in [1.54, 1.807) is 18.2 Å². The van der Waals surface area contributed by atoms with Crippen molar-refractivity contribution in [1.29, 1.82) is 5.26 Å². The lowest BCUT2D eigenvalue weighted by Gasteiger charge is -2.06. The number of rotatable bonds is 4. The lowest BCUT2D eigenvalue weighted by molar-refractivity contribution is 0.582. The van der Waals surface area contributed by atoms with Gasteiger partial charge in [-0.3, -0.25) is 0 Å². The number of benzene rings is 1. The third kappa shape index (κ3) is 3.20. The van der Waals surface area contributed by atoms with Crippen molar-refractivity contribution in [2.75, 3.05) is 6.54 Å². The summed E-state index contributed by atoms with van der Waals surface area (Å²) in [5.41, 5.74) is 0.628. The summed E-state index contributed by atoms with van der Waals surface area (Å²) in [5, 5.41) is 9.44. The van der Waals surface area contributed by atoms with Gasteiger partial charge in [-0.15, -0.1) is 0 Å². The Balaban J connectivity index is 2.35. The van der Waals surface area contributed by atoms with Crippen LogP contribution in [-0.4, -0.2) is 19.9 Å². The maximum absolute atomic E-state index is 12.0. The van der Waals surface area contributed by atoms with Gasteiger partial charge in [-0.25, -0.2) is 18.1 Å². The number of pyridine rings is 1. The number of nitrogens with one attached hydrogen (secondary N) is 1. The van der Waals surface area contributed by atoms with Gasteiger partial charge >= 0.3 is 0 Å². The molecule has 0 aliphatic rings. The van der Waals surface area contributed by atoms with Crippen LogP contribution in [0.25, 0.3) is 10.9 Å². The van der Waals surface area contributed by atoms with E-state index in [1.807, 2.05) is 6.07 Å². The van der Waals surface area contributed by atoms with Gasteiger partial charge in [-0.1, -0.05) is 11.6 Å². The van der Waals surface area contributed by atoms with Gasteiger partial charge in [0, 0.05) is 18.4 Å². The summed E-state index contributed by atoms with van der Waals surface area (Å²) in [4.78, 5) is 4.22. The third-order valence-corrected chi connectivity index (χ3v) is 4.14. The predicted molar refractivity (Wildman–Crippen MR) is 72.2 cm³/mol. The van der Waals surface area contributed by atoms with Gasteiger partial charge in [0.05, 0.1) is 16.5 Å². The second-order valence-corrected chi connectivity index (χ2v) is 5.95. The highest BCUT2D eigenvalue weighted by molar-refractivity contribution is 7.89. The predicted octanol–water partition coefficient (Wildman–Crippen LogP) is 2.08. The summed E-state index contributed by atoms with van der Waals surface area (Å²) in [6, 6.07) is 9.76. The fourth-order valence-corrected chi connectivity index (χ4v) is 2.79. The maximum Gasteiger partial charge on any atom is 0.240 e. The van der Waals surface area contributed by atoms with Crippen LogP contribution in [0.4, 0.5) is 0 Å². The van der Waals surface area contributed by atoms with Gasteiger partial charge in [-0.05, 0) is 30.3 Å². The van der Waals surface area contributed by atoms with E-state index in [0.29, 0.717) is 16.1 Å². The average molecular weight is 296 g/mol. The zero-order valence-corrected chi connectivity index (χ0v) is 11.4. The maximum atomic E-state index is 12.0. The van der Waals surface area contributed by atoms with Gasteiger partial charge in [0.1, 0.15) is 5.15 Å². The Bertz CT molecular complexity index is 753. The topological polar surface area (TPSA) is 82.9 Å². The molecule has 1 aromatic heterocycles. The van der Waals surface area contributed by atoms with Crippen molar-refractivity contribution in [2.24, 2.45) is 0 Å². The molecule has 0 atom stereocenters. The summed E-state index contributed by atoms with van der Waals surface area (Å²) >= 11 is 5.76. The van der Waals surface area contributed by atoms with Crippen LogP contribution in [0.15, 0.2) is 35.2 Å². The number of hydrogen-bond donors (Lipinski definition) is 1. The van der Waals surface area contributed by atoms with Crippen molar-refractivity contribution in [3.8, 4) is 6.07 Å². The average Bonchev–Trinajstić information content (AvgIpc) is 2.38. The number of nitriles is 1. The van der Waals surface area contributed by atoms with Gasteiger partial charge in [0.25, 0.3) is 0 Å². The van der Waals surface area contributed by atoms with E-state index in [-0.39, 0.29) is 17.9 Å². The fourth-order valence-electron chi connectivity index (χ4n) is 1.57. The largest absolute Gasteiger partial charge is 0.240 e. The Morgan fingerprint density at radius 3 is 2.84 bits per heavy atom. The number of nitrogens with zero attached hydrogens (tertiary/aromatic N) is 2. The standard InChI is InChI=1S/C12H10ClN3O2S/c13-12-5-2-9-8-10(3-4-11(9)16-12)19(17,18)15-7-1-6-14/h2-5,8,15H,1,7H2. The van der Waals surface area contributed by atoms with Crippen LogP contribution in [0.5, 0.6) is 0 Å². The number of sulfonamides is 1. The van der Waals surface area contributed by atoms with Crippen LogP contribution in [0.1, 0.15) is 6.42 Å². The zero-order valence-electron chi connectivity index (χ0n) is 9.80. The lowest BCUT2D eigenvalue weighted by Crippen LogP contribution is -2.24. The fraction of sp³-hybridized carbons (Fsp3) is 0.167. The Morgan fingerprint density at radius 1 is 1.32 bits per heavy atom. The Labute approximate surface area is 115 Å². The Hall–Kier alpha value is -1.68. The second kappa shape index (κ2) is 5.53. The third-order valence-electron chi connectivity index (χ3n) is 2.47. The van der Waals surface area contributed by atoms with E-state index in [9.17, 15) is 8.42 Å². The van der Waals surface area contributed by atoms with Crippen molar-refractivity contribution in [2.45, 2.75) is 11.3 Å². The van der Waals surface area contributed by atoms with Gasteiger partial charge in [0.15, 0.2) is 0 Å². The summed E-state index contributed by atoms with van der Waals surface area (Å²) in [5.74, 6) is 0. The summed E-state index contributed by atoms with van der Waals surface area (Å²) in [6.07, 6.45) is 0.129. The summed E-state index contributed by atoms with van der Waals surface area (Å²) < 4.78 is 26.3. The van der Waals surface area contributed by atoms with E-state index in [4.69, 9.17) is 16.9 Å². The molecule has 0 fully saturated rings. The van der Waals surface area contributed by atoms with Crippen molar-refractivity contribution in [3.05, 3.63) is 35.5 Å². The molecule has 0 spiro atoms. The molecule has 0 bridgehead atoms. The molecule has 7 heteroatoms. The number of fused-ring (bicyclic) bond motifs is 1. The molecule has 0 unspecified atom stereocenters. The first-order valence-corrected chi connectivity index (χ1v) is 7.32. The van der Waals surface area contributed by atoms with E-state index in [1.165, 1.54) is 12.1 Å². The van der Waals surface area contributed by atoms with Crippen molar-refractivity contribution in [1.82, 2.24) is 9.71 Å². The van der Waals surface area contributed by atoms with Gasteiger partial charge < -0.3 is 0 Å². The molecule has 0 saturated heterocycles. The molecular formula is C12H10ClN3O2S. The molecule has 5 nitrogen and oxygen atoms in total. The first kappa shape index (κ1) is 13.7. The van der Waals surface area contributed by atoms with E-state index in [2.05, 4.69) is 9.71 Å². The number of aromatic nitrogens is 1. The highest BCUT2D eigenvalue weighted by Crippen LogP contribution is 2.19. The minimum atomic E-state index is -3.60. The van der Waals surface area contributed by atoms with Crippen molar-refractivity contribution < 1.29 is 8.42 Å². The molecule has 0 aliphatic carbocycles. The molecule has 1 aromatic carbocycles. The minimum absolute atomic E-state index is 0.0930. The first-order valence-electron chi connectivity index (χ1n) is 5.46. The molecule has 98 valence electrons. The molecule has 1 heterocycles. The normalized spacial score (nSPS) is 11.4. The highest BCUT2D eigenvalue weighted by Gasteiger charge is 2.13. The summed E-state index contributed by atoms with van der Waals surface area (Å²) in [6.45, 7) is 0.0930. The van der Waals surface area contributed by atoms with Crippen LogP contribution in [0.3, 0.4) is 0 Å². The highest BCUT2D eigenvalue weighted by atomic mass is 35.5. The van der Waals surface area contributed by atoms with E-state index < -0.39 is 10.0 Å². The van der Waals surface area contributed by atoms with Gasteiger partial charge in [0.2, 0.25) is 10.0 Å². The van der Waals surface area contributed by atoms with Crippen molar-refractivity contribution in [3.63, 3.8) is 0 Å². The van der Waals surface area contributed by atoms with Crippen molar-refractivity contribution >= 4 is 32.5 Å². The van der Waals surface area contributed by atoms with E-state index >= 15 is 0 Å². The molecule has 2 aromatic rings. The van der Waals surface area contributed by atoms with Crippen LogP contribution >= 0.6 is 11.6 Å². The van der Waals surface area contributed by atoms with Gasteiger partial charge in [-0.2, -0.15) is 5.26 Å². The number of halogens is 1. The van der Waals surface area contributed by atoms with Crippen LogP contribution in [0, 0.1) is 11.3 Å². The zero-order chi connectivity index (χ0) is 13.9. The molecule has 0 aliphatic heterocycles. The monoisotopic (exact) mass is 295 g/mol. The first-order chi connectivity index (χ1) is 9.03. The van der Waals surface area contributed by atoms with Crippen LogP contribution in [0.2, 0.25) is 5.15 Å². The molecule has 0 radical (unpaired) electrons. The molecule has 0 saturated carbocycles. The molecule has 0 amide bonds. The smallest absolute Gasteiger partial charge is 0.236 e. The molecule has 19 heavy (non-hydrogen) atoms. The van der Waals surface area contributed by atoms with E-state index in [0.717, 1.165) is 0 Å². The number of hydrogen-bond acceptors (Lipinski definition) is 4. The Kier molecular flexibility index (Phi) is 4.00. The minimum Gasteiger partial charge on any atom is -0.236 e. The quantitative estimate of drug-likeness (QED) is 0.691. The Morgan fingerprint density at radius 2 is 2.11 bits per heavy atom. The van der Waals surface area contributed by atoms with Crippen LogP contribution < -0.4 is 4.72 Å². The van der Waals surface area contributed by atoms with Crippen LogP contribution in [-0.2, 0) is 10.0 Å². The molecular weight excluding hydrogens is 286 g/mol. The molecule has 1 N–H and O–H groups in total.